The maximum Gasteiger partial charge on any atom is 0.152 e. The average molecular weight is 164 g/mol. The van der Waals surface area contributed by atoms with E-state index in [1.165, 1.54) is 5.57 Å². The molecule has 0 spiro atoms. The Morgan fingerprint density at radius 2 is 1.67 bits per heavy atom. The largest absolute Gasteiger partial charge is 0.295 e. The Balaban J connectivity index is 4.18. The summed E-state index contributed by atoms with van der Waals surface area (Å²) < 4.78 is 0. The average Bonchev–Trinajstić information content (AvgIpc) is 1.84. The number of carbonyl (C=O) groups is 1. The zero-order chi connectivity index (χ0) is 9.56. The highest BCUT2D eigenvalue weighted by Gasteiger charge is 1.84. The molecule has 0 aromatic rings. The number of hydrogen-bond acceptors (Lipinski definition) is 1. The number of carbonyl (C=O) groups excluding carboxylic acids is 1. The Bertz CT molecular complexity index is 238. The van der Waals surface area contributed by atoms with Crippen molar-refractivity contribution in [2.45, 2.75) is 27.7 Å². The van der Waals surface area contributed by atoms with E-state index in [2.05, 4.69) is 0 Å². The van der Waals surface area contributed by atoms with Crippen LogP contribution in [0.1, 0.15) is 27.7 Å². The summed E-state index contributed by atoms with van der Waals surface area (Å²) in [5, 5.41) is 0. The van der Waals surface area contributed by atoms with Crippen molar-refractivity contribution in [3.8, 4) is 0 Å². The fourth-order valence-corrected chi connectivity index (χ4v) is 0.761. The first kappa shape index (κ1) is 10.9. The summed E-state index contributed by atoms with van der Waals surface area (Å²) in [5.41, 5.74) is 2.24. The summed E-state index contributed by atoms with van der Waals surface area (Å²) in [6.45, 7) is 7.54. The Morgan fingerprint density at radius 3 is 2.08 bits per heavy atom. The molecule has 0 unspecified atom stereocenters. The maximum atomic E-state index is 10.6. The van der Waals surface area contributed by atoms with Crippen LogP contribution in [0, 0.1) is 0 Å². The van der Waals surface area contributed by atoms with E-state index >= 15 is 0 Å². The lowest BCUT2D eigenvalue weighted by Crippen LogP contribution is -1.82. The zero-order valence-corrected chi connectivity index (χ0v) is 8.22. The predicted molar refractivity (Wildman–Crippen MR) is 53.0 cm³/mol. The zero-order valence-electron chi connectivity index (χ0n) is 8.22. The third-order valence-electron chi connectivity index (χ3n) is 1.22. The molecule has 0 saturated carbocycles. The van der Waals surface area contributed by atoms with Gasteiger partial charge in [0.25, 0.3) is 0 Å². The van der Waals surface area contributed by atoms with Crippen LogP contribution in [-0.4, -0.2) is 5.78 Å². The van der Waals surface area contributed by atoms with Crippen molar-refractivity contribution in [2.75, 3.05) is 0 Å². The van der Waals surface area contributed by atoms with Gasteiger partial charge in [0, 0.05) is 0 Å². The molecular weight excluding hydrogens is 148 g/mol. The van der Waals surface area contributed by atoms with Crippen LogP contribution in [0.2, 0.25) is 0 Å². The number of allylic oxidation sites excluding steroid dienone is 6. The Hall–Kier alpha value is -1.11. The summed E-state index contributed by atoms with van der Waals surface area (Å²) >= 11 is 0. The molecule has 12 heavy (non-hydrogen) atoms. The van der Waals surface area contributed by atoms with Crippen molar-refractivity contribution in [1.82, 2.24) is 0 Å². The lowest BCUT2D eigenvalue weighted by atomic mass is 10.2. The topological polar surface area (TPSA) is 17.1 Å². The molecule has 0 atom stereocenters. The molecule has 1 heteroatoms. The van der Waals surface area contributed by atoms with Gasteiger partial charge in [-0.25, -0.2) is 0 Å². The Kier molecular flexibility index (Phi) is 5.02. The van der Waals surface area contributed by atoms with E-state index in [1.54, 1.807) is 13.0 Å². The molecule has 0 N–H and O–H groups in total. The minimum Gasteiger partial charge on any atom is -0.295 e. The molecule has 0 saturated heterocycles. The van der Waals surface area contributed by atoms with Crippen molar-refractivity contribution in [3.05, 3.63) is 35.5 Å². The van der Waals surface area contributed by atoms with E-state index in [0.717, 1.165) is 5.57 Å². The van der Waals surface area contributed by atoms with Crippen LogP contribution in [-0.2, 0) is 4.79 Å². The van der Waals surface area contributed by atoms with Gasteiger partial charge in [-0.05, 0) is 39.3 Å². The SMILES string of the molecule is CC(=O)C=C(C)C=CC=C(C)C. The van der Waals surface area contributed by atoms with Gasteiger partial charge >= 0.3 is 0 Å². The lowest BCUT2D eigenvalue weighted by Gasteiger charge is -1.87. The summed E-state index contributed by atoms with van der Waals surface area (Å²) in [7, 11) is 0. The van der Waals surface area contributed by atoms with Gasteiger partial charge in [0.1, 0.15) is 0 Å². The standard InChI is InChI=1S/C11H16O/c1-9(2)6-5-7-10(3)8-11(4)12/h5-8H,1-4H3. The van der Waals surface area contributed by atoms with Gasteiger partial charge in [-0.3, -0.25) is 4.79 Å². The van der Waals surface area contributed by atoms with Crippen molar-refractivity contribution < 1.29 is 4.79 Å². The quantitative estimate of drug-likeness (QED) is 0.463. The van der Waals surface area contributed by atoms with Gasteiger partial charge in [0.2, 0.25) is 0 Å². The fourth-order valence-electron chi connectivity index (χ4n) is 0.761. The van der Waals surface area contributed by atoms with Gasteiger partial charge in [-0.1, -0.05) is 23.8 Å². The maximum absolute atomic E-state index is 10.6. The van der Waals surface area contributed by atoms with Crippen LogP contribution >= 0.6 is 0 Å². The molecule has 0 aromatic heterocycles. The first-order valence-corrected chi connectivity index (χ1v) is 4.03. The Labute approximate surface area is 74.5 Å². The van der Waals surface area contributed by atoms with Gasteiger partial charge in [0.05, 0.1) is 0 Å². The minimum absolute atomic E-state index is 0.0920. The Morgan fingerprint density at radius 1 is 1.08 bits per heavy atom. The van der Waals surface area contributed by atoms with E-state index in [4.69, 9.17) is 0 Å². The van der Waals surface area contributed by atoms with E-state index in [-0.39, 0.29) is 5.78 Å². The number of hydrogen-bond donors (Lipinski definition) is 0. The molecule has 0 amide bonds. The second-order valence-corrected chi connectivity index (χ2v) is 3.10. The summed E-state index contributed by atoms with van der Waals surface area (Å²) in [6, 6.07) is 0. The molecule has 0 bridgehead atoms. The summed E-state index contributed by atoms with van der Waals surface area (Å²) in [6.07, 6.45) is 7.51. The van der Waals surface area contributed by atoms with E-state index in [1.807, 2.05) is 39.0 Å². The molecule has 0 aliphatic heterocycles. The predicted octanol–water partition coefficient (Wildman–Crippen LogP) is 3.04. The fraction of sp³-hybridized carbons (Fsp3) is 0.364. The third kappa shape index (κ3) is 7.00. The molecule has 0 radical (unpaired) electrons. The van der Waals surface area contributed by atoms with Crippen LogP contribution in [0.3, 0.4) is 0 Å². The number of ketones is 1. The molecular formula is C11H16O. The van der Waals surface area contributed by atoms with Crippen LogP contribution in [0.15, 0.2) is 35.5 Å². The van der Waals surface area contributed by atoms with Crippen molar-refractivity contribution >= 4 is 5.78 Å². The molecule has 0 aromatic carbocycles. The van der Waals surface area contributed by atoms with Gasteiger partial charge in [-0.15, -0.1) is 0 Å². The first-order chi connectivity index (χ1) is 5.52. The molecule has 0 aliphatic rings. The molecule has 0 heterocycles. The molecule has 0 aliphatic carbocycles. The van der Waals surface area contributed by atoms with E-state index < -0.39 is 0 Å². The van der Waals surface area contributed by atoms with Crippen molar-refractivity contribution in [2.24, 2.45) is 0 Å². The van der Waals surface area contributed by atoms with Crippen LogP contribution in [0.5, 0.6) is 0 Å². The van der Waals surface area contributed by atoms with E-state index in [9.17, 15) is 4.79 Å². The lowest BCUT2D eigenvalue weighted by molar-refractivity contribution is -0.112. The van der Waals surface area contributed by atoms with Crippen LogP contribution < -0.4 is 0 Å². The first-order valence-electron chi connectivity index (χ1n) is 4.03. The number of rotatable bonds is 3. The van der Waals surface area contributed by atoms with Gasteiger partial charge in [-0.2, -0.15) is 0 Å². The molecule has 0 rings (SSSR count). The van der Waals surface area contributed by atoms with Crippen molar-refractivity contribution in [3.63, 3.8) is 0 Å². The highest BCUT2D eigenvalue weighted by molar-refractivity contribution is 5.88. The molecule has 1 nitrogen and oxygen atoms in total. The van der Waals surface area contributed by atoms with Crippen LogP contribution in [0.4, 0.5) is 0 Å². The normalized spacial score (nSPS) is 11.8. The van der Waals surface area contributed by atoms with Gasteiger partial charge < -0.3 is 0 Å². The third-order valence-corrected chi connectivity index (χ3v) is 1.22. The molecule has 66 valence electrons. The van der Waals surface area contributed by atoms with Crippen molar-refractivity contribution in [1.29, 1.82) is 0 Å². The summed E-state index contributed by atoms with van der Waals surface area (Å²) in [4.78, 5) is 10.6. The minimum atomic E-state index is 0.0920. The monoisotopic (exact) mass is 164 g/mol. The van der Waals surface area contributed by atoms with Gasteiger partial charge in [0.15, 0.2) is 5.78 Å². The molecule has 0 fully saturated rings. The second-order valence-electron chi connectivity index (χ2n) is 3.10. The smallest absolute Gasteiger partial charge is 0.152 e. The van der Waals surface area contributed by atoms with E-state index in [0.29, 0.717) is 0 Å². The highest BCUT2D eigenvalue weighted by Crippen LogP contribution is 1.97. The second kappa shape index (κ2) is 5.53. The van der Waals surface area contributed by atoms with Crippen LogP contribution in [0.25, 0.3) is 0 Å². The highest BCUT2D eigenvalue weighted by atomic mass is 16.1. The summed E-state index contributed by atoms with van der Waals surface area (Å²) in [5.74, 6) is 0.0920.